The Kier molecular flexibility index (Phi) is 6.56. The van der Waals surface area contributed by atoms with Crippen molar-refractivity contribution in [3.05, 3.63) is 58.3 Å². The summed E-state index contributed by atoms with van der Waals surface area (Å²) >= 11 is 0. The van der Waals surface area contributed by atoms with Crippen LogP contribution in [0.1, 0.15) is 66.3 Å². The number of nitrogens with one attached hydrogen (secondary N) is 1. The van der Waals surface area contributed by atoms with Crippen molar-refractivity contribution in [3.63, 3.8) is 0 Å². The van der Waals surface area contributed by atoms with Gasteiger partial charge in [0.1, 0.15) is 23.3 Å². The Morgan fingerprint density at radius 2 is 1.68 bits per heavy atom. The highest BCUT2D eigenvalue weighted by Crippen LogP contribution is 2.46. The molecule has 1 aliphatic carbocycles. The van der Waals surface area contributed by atoms with E-state index in [1.807, 2.05) is 45.0 Å². The van der Waals surface area contributed by atoms with Crippen LogP contribution in [0.3, 0.4) is 0 Å². The number of ketones is 2. The molecule has 34 heavy (non-hydrogen) atoms. The Hall–Kier alpha value is -3.46. The van der Waals surface area contributed by atoms with Crippen LogP contribution in [0.15, 0.2) is 30.5 Å². The third-order valence-electron chi connectivity index (χ3n) is 7.24. The molecule has 0 atom stereocenters. The quantitative estimate of drug-likeness (QED) is 0.523. The van der Waals surface area contributed by atoms with Gasteiger partial charge in [-0.25, -0.2) is 9.78 Å². The maximum absolute atomic E-state index is 13.3. The highest BCUT2D eigenvalue weighted by molar-refractivity contribution is 6.10. The fraction of sp³-hybridized carbons (Fsp3) is 0.429. The summed E-state index contributed by atoms with van der Waals surface area (Å²) in [6, 6.07) is 7.47. The molecule has 0 bridgehead atoms. The van der Waals surface area contributed by atoms with Crippen molar-refractivity contribution >= 4 is 23.4 Å². The van der Waals surface area contributed by atoms with Crippen LogP contribution in [-0.2, 0) is 9.59 Å². The van der Waals surface area contributed by atoms with Crippen LogP contribution in [0.5, 0.6) is 0 Å². The van der Waals surface area contributed by atoms with E-state index in [9.17, 15) is 14.4 Å². The fourth-order valence-electron chi connectivity index (χ4n) is 5.49. The summed E-state index contributed by atoms with van der Waals surface area (Å²) in [6.45, 7) is 8.64. The van der Waals surface area contributed by atoms with Crippen molar-refractivity contribution in [2.45, 2.75) is 59.3 Å². The van der Waals surface area contributed by atoms with E-state index in [0.717, 1.165) is 27.8 Å². The Labute approximate surface area is 201 Å². The Bertz CT molecular complexity index is 1170. The van der Waals surface area contributed by atoms with E-state index in [1.54, 1.807) is 18.0 Å². The monoisotopic (exact) mass is 457 g/mol. The molecule has 1 aliphatic heterocycles. The van der Waals surface area contributed by atoms with E-state index in [4.69, 9.17) is 0 Å². The van der Waals surface area contributed by atoms with Crippen molar-refractivity contribution in [2.75, 3.05) is 18.4 Å². The van der Waals surface area contributed by atoms with Gasteiger partial charge in [-0.15, -0.1) is 5.92 Å². The zero-order valence-electron chi connectivity index (χ0n) is 20.3. The molecule has 2 fully saturated rings. The number of aryl methyl sites for hydroxylation is 3. The fourth-order valence-corrected chi connectivity index (χ4v) is 5.49. The van der Waals surface area contributed by atoms with Gasteiger partial charge in [-0.05, 0) is 86.4 Å². The van der Waals surface area contributed by atoms with E-state index < -0.39 is 5.92 Å². The summed E-state index contributed by atoms with van der Waals surface area (Å²) in [7, 11) is 0. The maximum atomic E-state index is 13.3. The van der Waals surface area contributed by atoms with Gasteiger partial charge in [-0.2, -0.15) is 0 Å². The van der Waals surface area contributed by atoms with Gasteiger partial charge in [0.15, 0.2) is 0 Å². The third-order valence-corrected chi connectivity index (χ3v) is 7.24. The first kappa shape index (κ1) is 23.7. The molecule has 1 spiro atoms. The zero-order valence-corrected chi connectivity index (χ0v) is 20.3. The molecule has 2 amide bonds. The molecule has 1 N–H and O–H groups in total. The van der Waals surface area contributed by atoms with Crippen molar-refractivity contribution in [1.82, 2.24) is 9.88 Å². The largest absolute Gasteiger partial charge is 0.324 e. The van der Waals surface area contributed by atoms with Gasteiger partial charge in [-0.1, -0.05) is 12.0 Å². The number of hydrogen-bond acceptors (Lipinski definition) is 4. The summed E-state index contributed by atoms with van der Waals surface area (Å²) in [5, 5.41) is 2.88. The van der Waals surface area contributed by atoms with Crippen LogP contribution in [0, 0.1) is 38.0 Å². The Morgan fingerprint density at radius 1 is 1.06 bits per heavy atom. The van der Waals surface area contributed by atoms with Gasteiger partial charge < -0.3 is 4.90 Å². The maximum Gasteiger partial charge on any atom is 0.323 e. The Morgan fingerprint density at radius 3 is 2.24 bits per heavy atom. The average Bonchev–Trinajstić information content (AvgIpc) is 2.77. The van der Waals surface area contributed by atoms with Gasteiger partial charge in [0.25, 0.3) is 0 Å². The molecule has 6 nitrogen and oxygen atoms in total. The van der Waals surface area contributed by atoms with Crippen LogP contribution >= 0.6 is 0 Å². The van der Waals surface area contributed by atoms with E-state index in [1.165, 1.54) is 0 Å². The number of pyridine rings is 1. The van der Waals surface area contributed by atoms with E-state index >= 15 is 0 Å². The van der Waals surface area contributed by atoms with Crippen LogP contribution in [0.4, 0.5) is 10.6 Å². The molecular weight excluding hydrogens is 426 g/mol. The number of aromatic nitrogens is 1. The van der Waals surface area contributed by atoms with Crippen molar-refractivity contribution in [2.24, 2.45) is 5.41 Å². The minimum atomic E-state index is -0.692. The lowest BCUT2D eigenvalue weighted by atomic mass is 9.62. The Balaban J connectivity index is 1.45. The summed E-state index contributed by atoms with van der Waals surface area (Å²) in [5.74, 6) is 5.82. The average molecular weight is 458 g/mol. The number of rotatable bonds is 2. The molecule has 6 heteroatoms. The second-order valence-corrected chi connectivity index (χ2v) is 9.70. The van der Waals surface area contributed by atoms with E-state index in [0.29, 0.717) is 44.6 Å². The molecule has 2 aliphatic rings. The third kappa shape index (κ3) is 4.61. The second-order valence-electron chi connectivity index (χ2n) is 9.70. The number of piperidine rings is 1. The minimum absolute atomic E-state index is 0.00112. The molecular formula is C28H31N3O3. The van der Waals surface area contributed by atoms with Gasteiger partial charge in [0.2, 0.25) is 0 Å². The van der Waals surface area contributed by atoms with Crippen LogP contribution in [0.2, 0.25) is 0 Å². The number of amides is 2. The lowest BCUT2D eigenvalue weighted by Crippen LogP contribution is -2.49. The summed E-state index contributed by atoms with van der Waals surface area (Å²) in [4.78, 5) is 45.4. The molecule has 1 saturated carbocycles. The summed E-state index contributed by atoms with van der Waals surface area (Å²) in [6.07, 6.45) is 3.71. The zero-order chi connectivity index (χ0) is 24.5. The normalized spacial score (nSPS) is 17.9. The highest BCUT2D eigenvalue weighted by Gasteiger charge is 2.47. The number of Topliss-reactive ketones (excluding diaryl/α,β-unsaturated/α-hetero) is 2. The molecule has 0 radical (unpaired) electrons. The molecule has 2 heterocycles. The predicted octanol–water partition coefficient (Wildman–Crippen LogP) is 4.71. The molecule has 0 unspecified atom stereocenters. The first-order chi connectivity index (χ1) is 16.2. The predicted molar refractivity (Wildman–Crippen MR) is 132 cm³/mol. The first-order valence-electron chi connectivity index (χ1n) is 11.8. The molecule has 1 saturated heterocycles. The smallest absolute Gasteiger partial charge is 0.323 e. The van der Waals surface area contributed by atoms with Crippen molar-refractivity contribution in [3.8, 4) is 11.8 Å². The molecule has 4 rings (SSSR count). The SMILES string of the molecule is CC#Cc1cc(C)c(C2C(=O)CC3(CCN(C(=O)Nc4ncccc4C)CC3)CC2=O)c(C)c1. The number of nitrogens with zero attached hydrogens (tertiary/aromatic N) is 2. The van der Waals surface area contributed by atoms with Crippen LogP contribution in [0.25, 0.3) is 0 Å². The first-order valence-corrected chi connectivity index (χ1v) is 11.8. The number of urea groups is 1. The van der Waals surface area contributed by atoms with Gasteiger partial charge in [-0.3, -0.25) is 14.9 Å². The van der Waals surface area contributed by atoms with E-state index in [-0.39, 0.29) is 23.0 Å². The van der Waals surface area contributed by atoms with Crippen LogP contribution in [-0.4, -0.2) is 40.6 Å². The second kappa shape index (κ2) is 9.42. The molecule has 2 aromatic rings. The minimum Gasteiger partial charge on any atom is -0.324 e. The number of benzene rings is 1. The topological polar surface area (TPSA) is 79.4 Å². The van der Waals surface area contributed by atoms with Crippen LogP contribution < -0.4 is 5.32 Å². The standard InChI is InChI=1S/C28H31N3O3/c1-5-7-21-14-19(3)24(20(4)15-21)25-22(32)16-28(17-23(25)33)9-12-31(13-10-28)27(34)30-26-18(2)8-6-11-29-26/h6,8,11,14-15,25H,9-10,12-13,16-17H2,1-4H3,(H,29,30,34). The van der Waals surface area contributed by atoms with Crippen molar-refractivity contribution in [1.29, 1.82) is 0 Å². The summed E-state index contributed by atoms with van der Waals surface area (Å²) in [5.41, 5.74) is 4.18. The van der Waals surface area contributed by atoms with Gasteiger partial charge in [0, 0.05) is 37.7 Å². The molecule has 1 aromatic heterocycles. The lowest BCUT2D eigenvalue weighted by molar-refractivity contribution is -0.138. The number of hydrogen-bond donors (Lipinski definition) is 1. The number of carbonyl (C=O) groups excluding carboxylic acids is 3. The number of likely N-dealkylation sites (tertiary alicyclic amines) is 1. The van der Waals surface area contributed by atoms with Gasteiger partial charge >= 0.3 is 6.03 Å². The summed E-state index contributed by atoms with van der Waals surface area (Å²) < 4.78 is 0. The number of carbonyl (C=O) groups is 3. The highest BCUT2D eigenvalue weighted by atomic mass is 16.2. The van der Waals surface area contributed by atoms with Gasteiger partial charge in [0.05, 0.1) is 0 Å². The van der Waals surface area contributed by atoms with E-state index in [2.05, 4.69) is 22.1 Å². The lowest BCUT2D eigenvalue weighted by Gasteiger charge is -2.44. The molecule has 1 aromatic carbocycles. The van der Waals surface area contributed by atoms with Crippen molar-refractivity contribution < 1.29 is 14.4 Å². The number of anilines is 1. The molecule has 176 valence electrons.